The fourth-order valence-electron chi connectivity index (χ4n) is 7.15. The Kier molecular flexibility index (Phi) is 7.32. The number of benzene rings is 8. The molecule has 0 aromatic heterocycles. The number of aryl methyl sites for hydroxylation is 1. The van der Waals surface area contributed by atoms with Crippen LogP contribution in [0.15, 0.2) is 176 Å². The van der Waals surface area contributed by atoms with Crippen LogP contribution in [-0.2, 0) is 0 Å². The lowest BCUT2D eigenvalue weighted by Gasteiger charge is -2.19. The van der Waals surface area contributed by atoms with Gasteiger partial charge in [0.25, 0.3) is 0 Å². The Morgan fingerprint density at radius 2 is 0.766 bits per heavy atom. The lowest BCUT2D eigenvalue weighted by atomic mass is 9.84. The van der Waals surface area contributed by atoms with Gasteiger partial charge in [-0.25, -0.2) is 0 Å². The lowest BCUT2D eigenvalue weighted by Crippen LogP contribution is -1.93. The first-order chi connectivity index (χ1) is 23.2. The van der Waals surface area contributed by atoms with Crippen molar-refractivity contribution in [1.82, 2.24) is 0 Å². The van der Waals surface area contributed by atoms with E-state index in [0.29, 0.717) is 0 Å². The molecule has 222 valence electrons. The van der Waals surface area contributed by atoms with Gasteiger partial charge in [0.1, 0.15) is 0 Å². The van der Waals surface area contributed by atoms with E-state index in [1.807, 2.05) is 6.08 Å². The molecule has 0 atom stereocenters. The Morgan fingerprint density at radius 1 is 0.362 bits per heavy atom. The molecule has 0 saturated carbocycles. The summed E-state index contributed by atoms with van der Waals surface area (Å²) in [6.07, 6.45) is 1.96. The third-order valence-electron chi connectivity index (χ3n) is 9.42. The van der Waals surface area contributed by atoms with E-state index in [0.717, 1.165) is 0 Å². The summed E-state index contributed by atoms with van der Waals surface area (Å²) in [5.74, 6) is 0. The van der Waals surface area contributed by atoms with Crippen LogP contribution in [0.2, 0.25) is 0 Å². The highest BCUT2D eigenvalue weighted by Crippen LogP contribution is 2.45. The second kappa shape index (κ2) is 12.1. The number of rotatable bonds is 6. The fourth-order valence-corrected chi connectivity index (χ4v) is 7.15. The third-order valence-corrected chi connectivity index (χ3v) is 9.42. The molecule has 0 bridgehead atoms. The highest BCUT2D eigenvalue weighted by Gasteiger charge is 2.18. The monoisotopic (exact) mass is 598 g/mol. The summed E-state index contributed by atoms with van der Waals surface area (Å²) >= 11 is 0. The number of hydrogen-bond donors (Lipinski definition) is 0. The molecule has 0 fully saturated rings. The molecule has 0 aliphatic rings. The van der Waals surface area contributed by atoms with E-state index >= 15 is 0 Å². The molecule has 0 heterocycles. The van der Waals surface area contributed by atoms with Crippen molar-refractivity contribution in [3.63, 3.8) is 0 Å². The highest BCUT2D eigenvalue weighted by atomic mass is 14.2. The summed E-state index contributed by atoms with van der Waals surface area (Å²) in [7, 11) is 0. The minimum absolute atomic E-state index is 1.17. The number of hydrogen-bond acceptors (Lipinski definition) is 0. The zero-order chi connectivity index (χ0) is 31.7. The van der Waals surface area contributed by atoms with E-state index in [2.05, 4.69) is 183 Å². The van der Waals surface area contributed by atoms with Gasteiger partial charge < -0.3 is 0 Å². The van der Waals surface area contributed by atoms with Crippen LogP contribution in [0.3, 0.4) is 0 Å². The molecule has 0 radical (unpaired) electrons. The molecular formula is C47H34. The largest absolute Gasteiger partial charge is 0.0985 e. The van der Waals surface area contributed by atoms with Gasteiger partial charge >= 0.3 is 0 Å². The molecule has 0 aliphatic carbocycles. The van der Waals surface area contributed by atoms with E-state index in [4.69, 9.17) is 0 Å². The van der Waals surface area contributed by atoms with Crippen LogP contribution in [0.4, 0.5) is 0 Å². The van der Waals surface area contributed by atoms with Crippen molar-refractivity contribution in [2.75, 3.05) is 0 Å². The topological polar surface area (TPSA) is 0 Å². The minimum Gasteiger partial charge on any atom is -0.0985 e. The molecule has 47 heavy (non-hydrogen) atoms. The van der Waals surface area contributed by atoms with Crippen molar-refractivity contribution in [3.05, 3.63) is 188 Å². The molecule has 0 amide bonds. The molecule has 0 nitrogen and oxygen atoms in total. The maximum absolute atomic E-state index is 4.08. The van der Waals surface area contributed by atoms with E-state index in [1.54, 1.807) is 0 Å². The first-order valence-electron chi connectivity index (χ1n) is 16.2. The van der Waals surface area contributed by atoms with Crippen LogP contribution in [0.1, 0.15) is 11.1 Å². The van der Waals surface area contributed by atoms with Crippen molar-refractivity contribution in [2.45, 2.75) is 6.92 Å². The van der Waals surface area contributed by atoms with Gasteiger partial charge in [-0.05, 0) is 101 Å². The Morgan fingerprint density at radius 3 is 1.23 bits per heavy atom. The zero-order valence-corrected chi connectivity index (χ0v) is 26.5. The van der Waals surface area contributed by atoms with Crippen LogP contribution < -0.4 is 0 Å². The fraction of sp³-hybridized carbons (Fsp3) is 0.0213. The van der Waals surface area contributed by atoms with E-state index in [9.17, 15) is 0 Å². The van der Waals surface area contributed by atoms with E-state index in [1.165, 1.54) is 88.3 Å². The molecule has 0 aliphatic heterocycles. The van der Waals surface area contributed by atoms with Crippen molar-refractivity contribution in [3.8, 4) is 55.6 Å². The quantitative estimate of drug-likeness (QED) is 0.167. The Balaban J connectivity index is 1.35. The Hall–Kier alpha value is -5.98. The molecule has 8 aromatic rings. The summed E-state index contributed by atoms with van der Waals surface area (Å²) in [6, 6.07) is 61.8. The zero-order valence-electron chi connectivity index (χ0n) is 26.5. The first kappa shape index (κ1) is 28.5. The van der Waals surface area contributed by atoms with Gasteiger partial charge in [-0.3, -0.25) is 0 Å². The van der Waals surface area contributed by atoms with Crippen LogP contribution >= 0.6 is 0 Å². The number of fused-ring (bicyclic) bond motifs is 2. The SMILES string of the molecule is C=Cc1cc(-c2c3ccccc3c(-c3ccc(-c4c(-c5ccccc5)cccc4-c4ccccc4)cc3)c3ccccc23)ccc1C. The van der Waals surface area contributed by atoms with Gasteiger partial charge in [0.2, 0.25) is 0 Å². The predicted octanol–water partition coefficient (Wildman–Crippen LogP) is 13.3. The van der Waals surface area contributed by atoms with Gasteiger partial charge in [0, 0.05) is 0 Å². The standard InChI is InChI=1S/C47H34/c1-3-33-31-38(26-25-32(33)2)47-43-21-12-10-19-41(43)46(42-20-11-13-22-44(42)47)37-29-27-36(28-30-37)45-39(34-15-6-4-7-16-34)23-14-24-40(45)35-17-8-5-9-18-35/h3-31H,1H2,2H3. The molecule has 8 aromatic carbocycles. The van der Waals surface area contributed by atoms with Crippen molar-refractivity contribution >= 4 is 27.6 Å². The Labute approximate surface area is 276 Å². The van der Waals surface area contributed by atoms with Crippen molar-refractivity contribution < 1.29 is 0 Å². The summed E-state index contributed by atoms with van der Waals surface area (Å²) in [6.45, 7) is 6.22. The van der Waals surface area contributed by atoms with Crippen LogP contribution in [0, 0.1) is 6.92 Å². The summed E-state index contributed by atoms with van der Waals surface area (Å²) in [5.41, 5.74) is 14.7. The summed E-state index contributed by atoms with van der Waals surface area (Å²) in [5, 5.41) is 5.02. The maximum Gasteiger partial charge on any atom is -0.00262 e. The van der Waals surface area contributed by atoms with E-state index in [-0.39, 0.29) is 0 Å². The highest BCUT2D eigenvalue weighted by molar-refractivity contribution is 6.21. The second-order valence-electron chi connectivity index (χ2n) is 12.2. The average Bonchev–Trinajstić information content (AvgIpc) is 3.14. The second-order valence-corrected chi connectivity index (χ2v) is 12.2. The van der Waals surface area contributed by atoms with Crippen molar-refractivity contribution in [2.24, 2.45) is 0 Å². The summed E-state index contributed by atoms with van der Waals surface area (Å²) in [4.78, 5) is 0. The van der Waals surface area contributed by atoms with Crippen molar-refractivity contribution in [1.29, 1.82) is 0 Å². The summed E-state index contributed by atoms with van der Waals surface area (Å²) < 4.78 is 0. The average molecular weight is 599 g/mol. The third kappa shape index (κ3) is 5.05. The molecule has 0 unspecified atom stereocenters. The van der Waals surface area contributed by atoms with Crippen LogP contribution in [0.25, 0.3) is 83.3 Å². The Bertz CT molecular complexity index is 2280. The van der Waals surface area contributed by atoms with Crippen LogP contribution in [-0.4, -0.2) is 0 Å². The lowest BCUT2D eigenvalue weighted by molar-refractivity contribution is 1.45. The normalized spacial score (nSPS) is 11.2. The molecular weight excluding hydrogens is 565 g/mol. The molecule has 8 rings (SSSR count). The first-order valence-corrected chi connectivity index (χ1v) is 16.2. The minimum atomic E-state index is 1.17. The maximum atomic E-state index is 4.08. The van der Waals surface area contributed by atoms with Gasteiger partial charge in [0.15, 0.2) is 0 Å². The molecule has 0 saturated heterocycles. The molecule has 0 spiro atoms. The van der Waals surface area contributed by atoms with Gasteiger partial charge in [-0.2, -0.15) is 0 Å². The van der Waals surface area contributed by atoms with Gasteiger partial charge in [-0.1, -0.05) is 176 Å². The van der Waals surface area contributed by atoms with Gasteiger partial charge in [-0.15, -0.1) is 0 Å². The molecule has 0 N–H and O–H groups in total. The van der Waals surface area contributed by atoms with Gasteiger partial charge in [0.05, 0.1) is 0 Å². The van der Waals surface area contributed by atoms with E-state index < -0.39 is 0 Å². The van der Waals surface area contributed by atoms with Crippen LogP contribution in [0.5, 0.6) is 0 Å². The smallest absolute Gasteiger partial charge is 0.00262 e. The predicted molar refractivity (Wildman–Crippen MR) is 203 cm³/mol. The molecule has 0 heteroatoms.